The van der Waals surface area contributed by atoms with E-state index in [9.17, 15) is 4.79 Å². The van der Waals surface area contributed by atoms with Gasteiger partial charge in [-0.3, -0.25) is 9.78 Å². The molecule has 5 heteroatoms. The Balaban J connectivity index is 1.40. The summed E-state index contributed by atoms with van der Waals surface area (Å²) >= 11 is 0. The summed E-state index contributed by atoms with van der Waals surface area (Å²) in [5.41, 5.74) is 2.07. The molecule has 0 saturated carbocycles. The first kappa shape index (κ1) is 21.1. The van der Waals surface area contributed by atoms with E-state index in [4.69, 9.17) is 4.74 Å². The third kappa shape index (κ3) is 6.43. The molecular weight excluding hydrogens is 362 g/mol. The molecule has 0 bridgehead atoms. The monoisotopic (exact) mass is 393 g/mol. The molecule has 0 atom stereocenters. The minimum absolute atomic E-state index is 0.0363. The Morgan fingerprint density at radius 1 is 1.21 bits per heavy atom. The lowest BCUT2D eigenvalue weighted by Gasteiger charge is -2.33. The number of rotatable bonds is 8. The van der Waals surface area contributed by atoms with Crippen molar-refractivity contribution in [1.82, 2.24) is 14.8 Å². The quantitative estimate of drug-likeness (QED) is 0.644. The maximum absolute atomic E-state index is 12.4. The molecule has 29 heavy (non-hydrogen) atoms. The summed E-state index contributed by atoms with van der Waals surface area (Å²) < 4.78 is 5.45. The molecule has 5 nitrogen and oxygen atoms in total. The second-order valence-corrected chi connectivity index (χ2v) is 7.65. The van der Waals surface area contributed by atoms with E-state index in [-0.39, 0.29) is 5.91 Å². The highest BCUT2D eigenvalue weighted by Crippen LogP contribution is 2.21. The van der Waals surface area contributed by atoms with E-state index < -0.39 is 0 Å². The van der Waals surface area contributed by atoms with Crippen molar-refractivity contribution in [2.45, 2.75) is 19.3 Å². The summed E-state index contributed by atoms with van der Waals surface area (Å²) in [6.07, 6.45) is 8.39. The van der Waals surface area contributed by atoms with Gasteiger partial charge in [0.05, 0.1) is 12.8 Å². The first-order valence-corrected chi connectivity index (χ1v) is 10.3. The van der Waals surface area contributed by atoms with Crippen molar-refractivity contribution in [3.63, 3.8) is 0 Å². The fraction of sp³-hybridized carbons (Fsp3) is 0.417. The molecule has 0 unspecified atom stereocenters. The second kappa shape index (κ2) is 10.8. The normalized spacial score (nSPS) is 15.5. The van der Waals surface area contributed by atoms with Crippen LogP contribution in [0.1, 0.15) is 24.1 Å². The summed E-state index contributed by atoms with van der Waals surface area (Å²) in [6, 6.07) is 13.9. The Morgan fingerprint density at radius 3 is 2.69 bits per heavy atom. The van der Waals surface area contributed by atoms with Crippen LogP contribution in [-0.4, -0.2) is 61.0 Å². The molecular formula is C24H31N3O2. The number of carbonyl (C=O) groups excluding carboxylic acids is 1. The third-order valence-electron chi connectivity index (χ3n) is 5.59. The predicted octanol–water partition coefficient (Wildman–Crippen LogP) is 3.52. The lowest BCUT2D eigenvalue weighted by Crippen LogP contribution is -2.39. The topological polar surface area (TPSA) is 45.7 Å². The standard InChI is InChI=1S/C24H31N3O2/c1-26(24(28)11-10-22-8-5-6-15-25-22)19-20-12-16-27(17-13-20)18-14-21-7-3-4-9-23(21)29-2/h3-11,15,20H,12-14,16-19H2,1-2H3/b11-10+. The zero-order chi connectivity index (χ0) is 20.5. The number of hydrogen-bond donors (Lipinski definition) is 0. The van der Waals surface area contributed by atoms with Gasteiger partial charge in [0.1, 0.15) is 5.75 Å². The zero-order valence-corrected chi connectivity index (χ0v) is 17.5. The van der Waals surface area contributed by atoms with Crippen molar-refractivity contribution in [1.29, 1.82) is 0 Å². The number of piperidine rings is 1. The van der Waals surface area contributed by atoms with Gasteiger partial charge < -0.3 is 14.5 Å². The molecule has 1 aromatic heterocycles. The van der Waals surface area contributed by atoms with E-state index in [0.717, 1.165) is 56.9 Å². The van der Waals surface area contributed by atoms with Crippen molar-refractivity contribution < 1.29 is 9.53 Å². The van der Waals surface area contributed by atoms with E-state index in [2.05, 4.69) is 22.0 Å². The number of pyridine rings is 1. The number of nitrogens with zero attached hydrogens (tertiary/aromatic N) is 3. The average molecular weight is 394 g/mol. The smallest absolute Gasteiger partial charge is 0.246 e. The van der Waals surface area contributed by atoms with Crippen LogP contribution in [0.15, 0.2) is 54.7 Å². The molecule has 1 aliphatic rings. The maximum atomic E-state index is 12.4. The number of hydrogen-bond acceptors (Lipinski definition) is 4. The van der Waals surface area contributed by atoms with E-state index in [0.29, 0.717) is 5.92 Å². The third-order valence-corrected chi connectivity index (χ3v) is 5.59. The van der Waals surface area contributed by atoms with E-state index >= 15 is 0 Å². The van der Waals surface area contributed by atoms with Crippen molar-refractivity contribution in [3.05, 3.63) is 66.0 Å². The van der Waals surface area contributed by atoms with Gasteiger partial charge in [-0.1, -0.05) is 24.3 Å². The summed E-state index contributed by atoms with van der Waals surface area (Å²) in [5.74, 6) is 1.57. The fourth-order valence-corrected chi connectivity index (χ4v) is 3.82. The van der Waals surface area contributed by atoms with Gasteiger partial charge in [-0.25, -0.2) is 0 Å². The summed E-state index contributed by atoms with van der Waals surface area (Å²) in [4.78, 5) is 20.9. The molecule has 1 saturated heterocycles. The Bertz CT molecular complexity index is 799. The van der Waals surface area contributed by atoms with Gasteiger partial charge >= 0.3 is 0 Å². The van der Waals surface area contributed by atoms with Crippen LogP contribution >= 0.6 is 0 Å². The minimum atomic E-state index is 0.0363. The molecule has 2 heterocycles. The molecule has 0 aliphatic carbocycles. The van der Waals surface area contributed by atoms with Crippen LogP contribution in [0.2, 0.25) is 0 Å². The Labute approximate surface area is 174 Å². The molecule has 0 N–H and O–H groups in total. The SMILES string of the molecule is COc1ccccc1CCN1CCC(CN(C)C(=O)/C=C/c2ccccn2)CC1. The molecule has 1 fully saturated rings. The molecule has 1 aliphatic heterocycles. The van der Waals surface area contributed by atoms with Gasteiger partial charge in [-0.15, -0.1) is 0 Å². The Hall–Kier alpha value is -2.66. The number of para-hydroxylation sites is 1. The van der Waals surface area contributed by atoms with Crippen molar-refractivity contribution in [2.75, 3.05) is 40.3 Å². The number of likely N-dealkylation sites (N-methyl/N-ethyl adjacent to an activating group) is 1. The second-order valence-electron chi connectivity index (χ2n) is 7.65. The number of benzene rings is 1. The Kier molecular flexibility index (Phi) is 7.82. The molecule has 1 amide bonds. The fourth-order valence-electron chi connectivity index (χ4n) is 3.82. The van der Waals surface area contributed by atoms with Crippen LogP contribution in [0, 0.1) is 5.92 Å². The summed E-state index contributed by atoms with van der Waals surface area (Å²) in [7, 11) is 3.62. The molecule has 0 radical (unpaired) electrons. The van der Waals surface area contributed by atoms with Crippen LogP contribution in [0.4, 0.5) is 0 Å². The van der Waals surface area contributed by atoms with Crippen LogP contribution in [0.5, 0.6) is 5.75 Å². The van der Waals surface area contributed by atoms with Gasteiger partial charge in [0.25, 0.3) is 0 Å². The van der Waals surface area contributed by atoms with E-state index in [1.807, 2.05) is 42.3 Å². The molecule has 0 spiro atoms. The van der Waals surface area contributed by atoms with E-state index in [1.54, 1.807) is 25.5 Å². The van der Waals surface area contributed by atoms with Gasteiger partial charge in [-0.05, 0) is 68.1 Å². The van der Waals surface area contributed by atoms with Crippen molar-refractivity contribution >= 4 is 12.0 Å². The molecule has 154 valence electrons. The van der Waals surface area contributed by atoms with Crippen LogP contribution in [-0.2, 0) is 11.2 Å². The first-order chi connectivity index (χ1) is 14.2. The highest BCUT2D eigenvalue weighted by molar-refractivity contribution is 5.91. The molecule has 3 rings (SSSR count). The minimum Gasteiger partial charge on any atom is -0.496 e. The predicted molar refractivity (Wildman–Crippen MR) is 117 cm³/mol. The lowest BCUT2D eigenvalue weighted by molar-refractivity contribution is -0.125. The average Bonchev–Trinajstić information content (AvgIpc) is 2.77. The summed E-state index contributed by atoms with van der Waals surface area (Å²) in [5, 5.41) is 0. The maximum Gasteiger partial charge on any atom is 0.246 e. The van der Waals surface area contributed by atoms with Crippen molar-refractivity contribution in [2.24, 2.45) is 5.92 Å². The molecule has 1 aromatic carbocycles. The van der Waals surface area contributed by atoms with E-state index in [1.165, 1.54) is 5.56 Å². The van der Waals surface area contributed by atoms with Crippen molar-refractivity contribution in [3.8, 4) is 5.75 Å². The highest BCUT2D eigenvalue weighted by Gasteiger charge is 2.21. The number of methoxy groups -OCH3 is 1. The van der Waals surface area contributed by atoms with Gasteiger partial charge in [0, 0.05) is 32.4 Å². The number of likely N-dealkylation sites (tertiary alicyclic amines) is 1. The highest BCUT2D eigenvalue weighted by atomic mass is 16.5. The van der Waals surface area contributed by atoms with Gasteiger partial charge in [-0.2, -0.15) is 0 Å². The largest absolute Gasteiger partial charge is 0.496 e. The lowest BCUT2D eigenvalue weighted by atomic mass is 9.96. The number of ether oxygens (including phenoxy) is 1. The molecule has 2 aromatic rings. The number of aromatic nitrogens is 1. The van der Waals surface area contributed by atoms with Gasteiger partial charge in [0.15, 0.2) is 0 Å². The van der Waals surface area contributed by atoms with Crippen LogP contribution in [0.3, 0.4) is 0 Å². The van der Waals surface area contributed by atoms with Gasteiger partial charge in [0.2, 0.25) is 5.91 Å². The number of amides is 1. The zero-order valence-electron chi connectivity index (χ0n) is 17.5. The van der Waals surface area contributed by atoms with Crippen LogP contribution in [0.25, 0.3) is 6.08 Å². The first-order valence-electron chi connectivity index (χ1n) is 10.3. The number of carbonyl (C=O) groups is 1. The van der Waals surface area contributed by atoms with Crippen LogP contribution < -0.4 is 4.74 Å². The summed E-state index contributed by atoms with van der Waals surface area (Å²) in [6.45, 7) is 4.04. The Morgan fingerprint density at radius 2 is 1.97 bits per heavy atom.